The van der Waals surface area contributed by atoms with Gasteiger partial charge < -0.3 is 19.1 Å². The second-order valence-corrected chi connectivity index (χ2v) is 11.2. The standard InChI is InChI=1S/C30H28N2O5S/c1-35-26-14-12-25(13-15-26)31-18-20-32(21-19-31)38(33,34)27-16-17-28-29(22-27)37-30(36-28,23-8-4-2-5-9-23)24-10-6-3-7-11-24/h2-17,22H,18-21H2,1H3. The lowest BCUT2D eigenvalue weighted by Crippen LogP contribution is -2.48. The first-order chi connectivity index (χ1) is 18.5. The van der Waals surface area contributed by atoms with E-state index in [9.17, 15) is 8.42 Å². The summed E-state index contributed by atoms with van der Waals surface area (Å²) < 4.78 is 46.9. The molecule has 1 saturated heterocycles. The molecule has 0 radical (unpaired) electrons. The van der Waals surface area contributed by atoms with Gasteiger partial charge in [-0.05, 0) is 36.4 Å². The van der Waals surface area contributed by atoms with Crippen LogP contribution in [0.5, 0.6) is 17.2 Å². The van der Waals surface area contributed by atoms with Gasteiger partial charge in [-0.25, -0.2) is 8.42 Å². The zero-order valence-corrected chi connectivity index (χ0v) is 21.8. The van der Waals surface area contributed by atoms with Gasteiger partial charge in [-0.15, -0.1) is 0 Å². The molecule has 0 unspecified atom stereocenters. The second-order valence-electron chi connectivity index (χ2n) is 9.25. The van der Waals surface area contributed by atoms with E-state index in [1.54, 1.807) is 25.3 Å². The minimum absolute atomic E-state index is 0.190. The van der Waals surface area contributed by atoms with Gasteiger partial charge in [0.1, 0.15) is 5.75 Å². The summed E-state index contributed by atoms with van der Waals surface area (Å²) in [6.07, 6.45) is 0. The molecular formula is C30H28N2O5S. The topological polar surface area (TPSA) is 68.3 Å². The highest BCUT2D eigenvalue weighted by atomic mass is 32.2. The van der Waals surface area contributed by atoms with Crippen LogP contribution in [0.4, 0.5) is 5.69 Å². The molecule has 6 rings (SSSR count). The summed E-state index contributed by atoms with van der Waals surface area (Å²) >= 11 is 0. The van der Waals surface area contributed by atoms with Crippen LogP contribution in [-0.4, -0.2) is 46.0 Å². The fourth-order valence-corrected chi connectivity index (χ4v) is 6.43. The number of benzene rings is 4. The monoisotopic (exact) mass is 528 g/mol. The van der Waals surface area contributed by atoms with Crippen LogP contribution in [0.1, 0.15) is 11.1 Å². The first-order valence-corrected chi connectivity index (χ1v) is 14.0. The van der Waals surface area contributed by atoms with Gasteiger partial charge in [0, 0.05) is 49.1 Å². The minimum atomic E-state index is -3.72. The maximum Gasteiger partial charge on any atom is 0.305 e. The zero-order valence-electron chi connectivity index (χ0n) is 21.0. The van der Waals surface area contributed by atoms with Crippen LogP contribution in [0.2, 0.25) is 0 Å². The van der Waals surface area contributed by atoms with Crippen LogP contribution >= 0.6 is 0 Å². The third-order valence-corrected chi connectivity index (χ3v) is 8.94. The van der Waals surface area contributed by atoms with Crippen LogP contribution in [-0.2, 0) is 15.8 Å². The van der Waals surface area contributed by atoms with Crippen LogP contribution in [0.15, 0.2) is 108 Å². The number of ether oxygens (including phenoxy) is 3. The van der Waals surface area contributed by atoms with Crippen LogP contribution in [0, 0.1) is 0 Å². The van der Waals surface area contributed by atoms with E-state index in [2.05, 4.69) is 4.90 Å². The van der Waals surface area contributed by atoms with Crippen molar-refractivity contribution < 1.29 is 22.6 Å². The number of nitrogens with zero attached hydrogens (tertiary/aromatic N) is 2. The highest BCUT2D eigenvalue weighted by Crippen LogP contribution is 2.48. The van der Waals surface area contributed by atoms with Crippen molar-refractivity contribution in [2.75, 3.05) is 38.2 Å². The van der Waals surface area contributed by atoms with Crippen molar-refractivity contribution in [1.29, 1.82) is 0 Å². The molecule has 194 valence electrons. The van der Waals surface area contributed by atoms with E-state index in [-0.39, 0.29) is 4.90 Å². The molecule has 8 heteroatoms. The maximum absolute atomic E-state index is 13.6. The third-order valence-electron chi connectivity index (χ3n) is 7.04. The Morgan fingerprint density at radius 2 is 1.29 bits per heavy atom. The largest absolute Gasteiger partial charge is 0.497 e. The van der Waals surface area contributed by atoms with Crippen LogP contribution in [0.3, 0.4) is 0 Å². The Labute approximate surface area is 222 Å². The smallest absolute Gasteiger partial charge is 0.305 e. The van der Waals surface area contributed by atoms with Crippen molar-refractivity contribution in [3.8, 4) is 17.2 Å². The number of piperazine rings is 1. The third kappa shape index (κ3) is 4.25. The molecule has 0 saturated carbocycles. The highest BCUT2D eigenvalue weighted by Gasteiger charge is 2.46. The predicted octanol–water partition coefficient (Wildman–Crippen LogP) is 4.88. The van der Waals surface area contributed by atoms with E-state index in [1.165, 1.54) is 4.31 Å². The summed E-state index contributed by atoms with van der Waals surface area (Å²) in [5.41, 5.74) is 2.69. The van der Waals surface area contributed by atoms with E-state index in [0.717, 1.165) is 22.6 Å². The molecule has 0 atom stereocenters. The summed E-state index contributed by atoms with van der Waals surface area (Å²) in [5.74, 6) is 0.495. The summed E-state index contributed by atoms with van der Waals surface area (Å²) in [6, 6.07) is 32.0. The van der Waals surface area contributed by atoms with Crippen molar-refractivity contribution in [3.63, 3.8) is 0 Å². The molecule has 0 bridgehead atoms. The van der Waals surface area contributed by atoms with Crippen molar-refractivity contribution in [2.45, 2.75) is 10.7 Å². The Bertz CT molecular complexity index is 1480. The summed E-state index contributed by atoms with van der Waals surface area (Å²) in [7, 11) is -2.08. The summed E-state index contributed by atoms with van der Waals surface area (Å²) in [6.45, 7) is 1.98. The quantitative estimate of drug-likeness (QED) is 0.356. The van der Waals surface area contributed by atoms with E-state index in [0.29, 0.717) is 37.7 Å². The molecule has 7 nitrogen and oxygen atoms in total. The Balaban J connectivity index is 1.24. The Kier molecular flexibility index (Phi) is 6.21. The highest BCUT2D eigenvalue weighted by molar-refractivity contribution is 7.89. The summed E-state index contributed by atoms with van der Waals surface area (Å²) in [5, 5.41) is 0. The maximum atomic E-state index is 13.6. The Morgan fingerprint density at radius 1 is 0.711 bits per heavy atom. The number of fused-ring (bicyclic) bond motifs is 1. The average molecular weight is 529 g/mol. The van der Waals surface area contributed by atoms with Crippen molar-refractivity contribution in [2.24, 2.45) is 0 Å². The average Bonchev–Trinajstić information content (AvgIpc) is 3.38. The van der Waals surface area contributed by atoms with Gasteiger partial charge in [0.2, 0.25) is 10.0 Å². The number of rotatable bonds is 6. The van der Waals surface area contributed by atoms with E-state index in [1.807, 2.05) is 84.9 Å². The van der Waals surface area contributed by atoms with Crippen molar-refractivity contribution >= 4 is 15.7 Å². The number of anilines is 1. The van der Waals surface area contributed by atoms with Crippen LogP contribution < -0.4 is 19.1 Å². The molecule has 2 aliphatic rings. The van der Waals surface area contributed by atoms with Gasteiger partial charge in [-0.2, -0.15) is 4.31 Å². The van der Waals surface area contributed by atoms with Crippen LogP contribution in [0.25, 0.3) is 0 Å². The normalized spacial score (nSPS) is 16.8. The minimum Gasteiger partial charge on any atom is -0.497 e. The molecule has 0 aromatic heterocycles. The fourth-order valence-electron chi connectivity index (χ4n) is 4.99. The van der Waals surface area contributed by atoms with E-state index >= 15 is 0 Å². The number of hydrogen-bond donors (Lipinski definition) is 0. The predicted molar refractivity (Wildman–Crippen MR) is 145 cm³/mol. The van der Waals surface area contributed by atoms with E-state index < -0.39 is 15.8 Å². The second kappa shape index (κ2) is 9.70. The molecular weight excluding hydrogens is 500 g/mol. The van der Waals surface area contributed by atoms with Gasteiger partial charge in [0.05, 0.1) is 12.0 Å². The lowest BCUT2D eigenvalue weighted by molar-refractivity contribution is -0.0459. The van der Waals surface area contributed by atoms with Crippen molar-refractivity contribution in [1.82, 2.24) is 4.31 Å². The molecule has 4 aromatic rings. The number of methoxy groups -OCH3 is 1. The Morgan fingerprint density at radius 3 is 1.87 bits per heavy atom. The molecule has 2 aliphatic heterocycles. The number of sulfonamides is 1. The molecule has 1 fully saturated rings. The molecule has 0 aliphatic carbocycles. The van der Waals surface area contributed by atoms with Gasteiger partial charge in [-0.3, -0.25) is 0 Å². The molecule has 38 heavy (non-hydrogen) atoms. The fraction of sp³-hybridized carbons (Fsp3) is 0.200. The molecule has 0 N–H and O–H groups in total. The first-order valence-electron chi connectivity index (χ1n) is 12.5. The first kappa shape index (κ1) is 24.3. The Hall–Kier alpha value is -4.01. The van der Waals surface area contributed by atoms with Gasteiger partial charge >= 0.3 is 5.79 Å². The zero-order chi connectivity index (χ0) is 26.2. The SMILES string of the molecule is COc1ccc(N2CCN(S(=O)(=O)c3ccc4c(c3)OC(c3ccccc3)(c3ccccc3)O4)CC2)cc1. The molecule has 0 amide bonds. The van der Waals surface area contributed by atoms with Gasteiger partial charge in [0.15, 0.2) is 11.5 Å². The van der Waals surface area contributed by atoms with Crippen molar-refractivity contribution in [3.05, 3.63) is 114 Å². The molecule has 2 heterocycles. The van der Waals surface area contributed by atoms with Gasteiger partial charge in [0.25, 0.3) is 0 Å². The lowest BCUT2D eigenvalue weighted by Gasteiger charge is -2.35. The summed E-state index contributed by atoms with van der Waals surface area (Å²) in [4.78, 5) is 2.37. The lowest BCUT2D eigenvalue weighted by atomic mass is 9.97. The van der Waals surface area contributed by atoms with Gasteiger partial charge in [-0.1, -0.05) is 60.7 Å². The van der Waals surface area contributed by atoms with E-state index in [4.69, 9.17) is 14.2 Å². The molecule has 0 spiro atoms. The number of hydrogen-bond acceptors (Lipinski definition) is 6. The molecule has 4 aromatic carbocycles.